The molecule has 0 spiro atoms. The average Bonchev–Trinajstić information content (AvgIpc) is 3.34. The molecule has 3 N–H and O–H groups in total. The lowest BCUT2D eigenvalue weighted by atomic mass is 10.2. The Labute approximate surface area is 214 Å². The molecule has 3 aromatic carbocycles. The minimum atomic E-state index is -0.245. The molecular formula is C27H27N7O3. The summed E-state index contributed by atoms with van der Waals surface area (Å²) in [6.45, 7) is 2.49. The van der Waals surface area contributed by atoms with E-state index in [4.69, 9.17) is 10.5 Å². The van der Waals surface area contributed by atoms with Crippen molar-refractivity contribution in [3.8, 4) is 11.4 Å². The van der Waals surface area contributed by atoms with Crippen LogP contribution in [0.15, 0.2) is 78.9 Å². The molecule has 1 aliphatic heterocycles. The van der Waals surface area contributed by atoms with Crippen LogP contribution >= 0.6 is 0 Å². The number of anilines is 3. The molecule has 2 amide bonds. The lowest BCUT2D eigenvalue weighted by Crippen LogP contribution is -2.49. The summed E-state index contributed by atoms with van der Waals surface area (Å²) in [7, 11) is 1.64. The third-order valence-electron chi connectivity index (χ3n) is 6.32. The predicted molar refractivity (Wildman–Crippen MR) is 141 cm³/mol. The smallest absolute Gasteiger partial charge is 0.278 e. The van der Waals surface area contributed by atoms with Gasteiger partial charge in [-0.2, -0.15) is 4.68 Å². The zero-order valence-corrected chi connectivity index (χ0v) is 20.4. The Bertz CT molecular complexity index is 1380. The molecule has 1 aromatic heterocycles. The van der Waals surface area contributed by atoms with Crippen LogP contribution in [-0.4, -0.2) is 65.0 Å². The van der Waals surface area contributed by atoms with Gasteiger partial charge in [0, 0.05) is 43.1 Å². The summed E-state index contributed by atoms with van der Waals surface area (Å²) in [6.07, 6.45) is 0. The van der Waals surface area contributed by atoms with Gasteiger partial charge in [0.25, 0.3) is 11.8 Å². The van der Waals surface area contributed by atoms with Gasteiger partial charge < -0.3 is 25.6 Å². The number of methoxy groups -OCH3 is 1. The molecule has 0 aliphatic carbocycles. The van der Waals surface area contributed by atoms with Gasteiger partial charge in [0.2, 0.25) is 0 Å². The average molecular weight is 498 g/mol. The molecule has 0 bridgehead atoms. The van der Waals surface area contributed by atoms with Gasteiger partial charge in [-0.05, 0) is 60.7 Å². The Balaban J connectivity index is 1.22. The fraction of sp³-hybridized carbons (Fsp3) is 0.185. The number of piperazine rings is 1. The molecular weight excluding hydrogens is 470 g/mol. The lowest BCUT2D eigenvalue weighted by Gasteiger charge is -2.35. The number of carbonyl (C=O) groups excluding carboxylic acids is 2. The third-order valence-corrected chi connectivity index (χ3v) is 6.32. The van der Waals surface area contributed by atoms with E-state index in [0.717, 1.165) is 11.4 Å². The first kappa shape index (κ1) is 23.9. The third kappa shape index (κ3) is 5.08. The van der Waals surface area contributed by atoms with Crippen LogP contribution in [0, 0.1) is 0 Å². The molecule has 5 rings (SSSR count). The van der Waals surface area contributed by atoms with Gasteiger partial charge in [0.05, 0.1) is 12.8 Å². The van der Waals surface area contributed by atoms with E-state index in [-0.39, 0.29) is 23.3 Å². The number of nitrogens with two attached hydrogens (primary N) is 1. The number of nitrogens with zero attached hydrogens (tertiary/aromatic N) is 5. The van der Waals surface area contributed by atoms with E-state index in [2.05, 4.69) is 20.5 Å². The zero-order chi connectivity index (χ0) is 25.8. The highest BCUT2D eigenvalue weighted by Crippen LogP contribution is 2.23. The van der Waals surface area contributed by atoms with Crippen LogP contribution < -0.4 is 20.7 Å². The lowest BCUT2D eigenvalue weighted by molar-refractivity contribution is 0.0741. The Morgan fingerprint density at radius 2 is 1.51 bits per heavy atom. The number of ether oxygens (including phenoxy) is 1. The van der Waals surface area contributed by atoms with Gasteiger partial charge in [-0.3, -0.25) is 9.59 Å². The summed E-state index contributed by atoms with van der Waals surface area (Å²) in [5, 5.41) is 11.0. The molecule has 0 saturated carbocycles. The van der Waals surface area contributed by atoms with Crippen LogP contribution in [0.2, 0.25) is 0 Å². The number of aromatic nitrogens is 3. The number of benzene rings is 3. The van der Waals surface area contributed by atoms with E-state index >= 15 is 0 Å². The second-order valence-corrected chi connectivity index (χ2v) is 8.58. The van der Waals surface area contributed by atoms with E-state index in [1.165, 1.54) is 4.68 Å². The molecule has 2 heterocycles. The van der Waals surface area contributed by atoms with Crippen molar-refractivity contribution in [3.05, 3.63) is 90.1 Å². The first-order valence-corrected chi connectivity index (χ1v) is 11.9. The van der Waals surface area contributed by atoms with E-state index < -0.39 is 0 Å². The second kappa shape index (κ2) is 10.4. The summed E-state index contributed by atoms with van der Waals surface area (Å²) in [5.74, 6) is 0.532. The topological polar surface area (TPSA) is 119 Å². The van der Waals surface area contributed by atoms with Gasteiger partial charge in [-0.1, -0.05) is 23.4 Å². The Hall–Kier alpha value is -4.86. The Kier molecular flexibility index (Phi) is 6.71. The summed E-state index contributed by atoms with van der Waals surface area (Å²) in [5.41, 5.74) is 9.32. The first-order chi connectivity index (χ1) is 18.0. The van der Waals surface area contributed by atoms with Crippen molar-refractivity contribution >= 4 is 29.0 Å². The SMILES string of the molecule is COc1ccc(N2CCN(C(=O)c3nnn(-c4ccc(NC(=O)c5ccccc5)cc4)c3N)CC2)cc1. The molecule has 1 fully saturated rings. The molecule has 1 aliphatic rings. The van der Waals surface area contributed by atoms with Gasteiger partial charge >= 0.3 is 0 Å². The number of hydrogen-bond donors (Lipinski definition) is 2. The molecule has 1 saturated heterocycles. The zero-order valence-electron chi connectivity index (χ0n) is 20.4. The minimum absolute atomic E-state index is 0.124. The van der Waals surface area contributed by atoms with Crippen LogP contribution in [0.5, 0.6) is 5.75 Å². The van der Waals surface area contributed by atoms with E-state index in [1.807, 2.05) is 42.5 Å². The highest BCUT2D eigenvalue weighted by molar-refractivity contribution is 6.04. The molecule has 0 radical (unpaired) electrons. The normalized spacial score (nSPS) is 13.3. The fourth-order valence-electron chi connectivity index (χ4n) is 4.22. The van der Waals surface area contributed by atoms with E-state index in [9.17, 15) is 9.59 Å². The van der Waals surface area contributed by atoms with Crippen molar-refractivity contribution in [2.75, 3.05) is 49.2 Å². The van der Waals surface area contributed by atoms with E-state index in [1.54, 1.807) is 48.4 Å². The van der Waals surface area contributed by atoms with Crippen molar-refractivity contribution in [2.45, 2.75) is 0 Å². The highest BCUT2D eigenvalue weighted by atomic mass is 16.5. The summed E-state index contributed by atoms with van der Waals surface area (Å²) in [4.78, 5) is 29.5. The monoisotopic (exact) mass is 497 g/mol. The van der Waals surface area contributed by atoms with Crippen molar-refractivity contribution in [3.63, 3.8) is 0 Å². The first-order valence-electron chi connectivity index (χ1n) is 11.9. The fourth-order valence-corrected chi connectivity index (χ4v) is 4.22. The maximum Gasteiger partial charge on any atom is 0.278 e. The number of rotatable bonds is 6. The number of nitrogen functional groups attached to an aromatic ring is 1. The van der Waals surface area contributed by atoms with Crippen molar-refractivity contribution in [1.29, 1.82) is 0 Å². The van der Waals surface area contributed by atoms with Crippen molar-refractivity contribution in [2.24, 2.45) is 0 Å². The summed E-state index contributed by atoms with van der Waals surface area (Å²) in [6, 6.07) is 23.9. The Morgan fingerprint density at radius 3 is 2.16 bits per heavy atom. The molecule has 0 unspecified atom stereocenters. The molecule has 37 heavy (non-hydrogen) atoms. The Morgan fingerprint density at radius 1 is 0.865 bits per heavy atom. The van der Waals surface area contributed by atoms with Crippen molar-refractivity contribution < 1.29 is 14.3 Å². The molecule has 10 heteroatoms. The molecule has 10 nitrogen and oxygen atoms in total. The summed E-state index contributed by atoms with van der Waals surface area (Å²) < 4.78 is 6.64. The standard InChI is InChI=1S/C27H27N7O3/c1-37-23-13-11-21(12-14-23)32-15-17-33(18-16-32)27(36)24-25(28)34(31-30-24)22-9-7-20(8-10-22)29-26(35)19-5-3-2-4-6-19/h2-14H,15-18,28H2,1H3,(H,29,35). The number of carbonyl (C=O) groups is 2. The number of amides is 2. The summed E-state index contributed by atoms with van der Waals surface area (Å²) >= 11 is 0. The van der Waals surface area contributed by atoms with E-state index in [0.29, 0.717) is 43.1 Å². The maximum absolute atomic E-state index is 13.1. The van der Waals surface area contributed by atoms with Crippen LogP contribution in [-0.2, 0) is 0 Å². The molecule has 0 atom stereocenters. The quantitative estimate of drug-likeness (QED) is 0.420. The van der Waals surface area contributed by atoms with Crippen molar-refractivity contribution in [1.82, 2.24) is 19.9 Å². The van der Waals surface area contributed by atoms with Crippen LogP contribution in [0.1, 0.15) is 20.8 Å². The van der Waals surface area contributed by atoms with Crippen LogP contribution in [0.4, 0.5) is 17.2 Å². The molecule has 4 aromatic rings. The predicted octanol–water partition coefficient (Wildman–Crippen LogP) is 3.07. The van der Waals surface area contributed by atoms with Gasteiger partial charge in [-0.15, -0.1) is 5.10 Å². The largest absolute Gasteiger partial charge is 0.497 e. The van der Waals surface area contributed by atoms with Crippen LogP contribution in [0.25, 0.3) is 5.69 Å². The molecule has 188 valence electrons. The van der Waals surface area contributed by atoms with Crippen LogP contribution in [0.3, 0.4) is 0 Å². The highest BCUT2D eigenvalue weighted by Gasteiger charge is 2.27. The maximum atomic E-state index is 13.1. The minimum Gasteiger partial charge on any atom is -0.497 e. The van der Waals surface area contributed by atoms with Gasteiger partial charge in [0.1, 0.15) is 5.75 Å². The van der Waals surface area contributed by atoms with Gasteiger partial charge in [0.15, 0.2) is 11.5 Å². The second-order valence-electron chi connectivity index (χ2n) is 8.58. The van der Waals surface area contributed by atoms with Gasteiger partial charge in [-0.25, -0.2) is 0 Å². The number of nitrogens with one attached hydrogen (secondary N) is 1. The number of hydrogen-bond acceptors (Lipinski definition) is 7.